The van der Waals surface area contributed by atoms with E-state index < -0.39 is 0 Å². The number of hydrogen-bond acceptors (Lipinski definition) is 5. The smallest absolute Gasteiger partial charge is 0.263 e. The number of carbonyl (C=O) groups is 1. The number of rotatable bonds is 6. The highest BCUT2D eigenvalue weighted by molar-refractivity contribution is 7.12. The summed E-state index contributed by atoms with van der Waals surface area (Å²) in [4.78, 5) is 15.3. The molecule has 1 aromatic rings. The van der Waals surface area contributed by atoms with Crippen LogP contribution in [0.3, 0.4) is 0 Å². The van der Waals surface area contributed by atoms with E-state index in [0.717, 1.165) is 50.3 Å². The van der Waals surface area contributed by atoms with E-state index in [2.05, 4.69) is 0 Å². The summed E-state index contributed by atoms with van der Waals surface area (Å²) in [6, 6.07) is 3.83. The molecule has 0 bridgehead atoms. The molecular formula is C19H29NO4S. The second kappa shape index (κ2) is 8.62. The lowest BCUT2D eigenvalue weighted by Crippen LogP contribution is -2.52. The minimum Gasteiger partial charge on any atom is -0.376 e. The first kappa shape index (κ1) is 18.8. The summed E-state index contributed by atoms with van der Waals surface area (Å²) < 4.78 is 17.7. The number of amides is 1. The van der Waals surface area contributed by atoms with Gasteiger partial charge in [-0.05, 0) is 44.6 Å². The summed E-state index contributed by atoms with van der Waals surface area (Å²) in [6.45, 7) is 7.63. The molecule has 2 aliphatic heterocycles. The highest BCUT2D eigenvalue weighted by Crippen LogP contribution is 2.36. The summed E-state index contributed by atoms with van der Waals surface area (Å²) in [7, 11) is 0. The molecule has 0 aliphatic carbocycles. The molecule has 2 fully saturated rings. The van der Waals surface area contributed by atoms with E-state index in [1.54, 1.807) is 0 Å². The number of carbonyl (C=O) groups excluding carboxylic acids is 1. The van der Waals surface area contributed by atoms with Gasteiger partial charge < -0.3 is 19.1 Å². The van der Waals surface area contributed by atoms with E-state index in [-0.39, 0.29) is 23.7 Å². The van der Waals surface area contributed by atoms with Crippen LogP contribution in [0.2, 0.25) is 0 Å². The molecule has 1 aromatic heterocycles. The first-order valence-corrected chi connectivity index (χ1v) is 10.2. The Morgan fingerprint density at radius 2 is 2.20 bits per heavy atom. The maximum atomic E-state index is 12.5. The summed E-state index contributed by atoms with van der Waals surface area (Å²) in [5, 5.41) is 1.95. The fourth-order valence-corrected chi connectivity index (χ4v) is 4.34. The second-order valence-electron chi connectivity index (χ2n) is 7.21. The molecule has 3 heterocycles. The molecule has 3 rings (SSSR count). The van der Waals surface area contributed by atoms with Gasteiger partial charge in [-0.15, -0.1) is 11.3 Å². The van der Waals surface area contributed by atoms with E-state index in [0.29, 0.717) is 13.2 Å². The van der Waals surface area contributed by atoms with Crippen LogP contribution in [0.5, 0.6) is 0 Å². The summed E-state index contributed by atoms with van der Waals surface area (Å²) in [5.74, 6) is 0.152. The van der Waals surface area contributed by atoms with Gasteiger partial charge in [-0.1, -0.05) is 6.07 Å². The van der Waals surface area contributed by atoms with Gasteiger partial charge in [-0.3, -0.25) is 4.79 Å². The second-order valence-corrected chi connectivity index (χ2v) is 8.15. The minimum absolute atomic E-state index is 0.117. The van der Waals surface area contributed by atoms with Crippen molar-refractivity contribution < 1.29 is 19.0 Å². The van der Waals surface area contributed by atoms with Crippen LogP contribution in [0.1, 0.15) is 49.2 Å². The molecule has 0 radical (unpaired) electrons. The van der Waals surface area contributed by atoms with Crippen molar-refractivity contribution in [2.75, 3.05) is 32.9 Å². The van der Waals surface area contributed by atoms with E-state index in [9.17, 15) is 4.79 Å². The standard InChI is InChI=1S/C19H29NO4S/c1-15(2)22-11-12-23-16-5-10-24-19(14-16)6-8-20(9-7-19)18(21)17-4-3-13-25-17/h3-4,13,15-16H,5-12,14H2,1-2H3. The van der Waals surface area contributed by atoms with Crippen molar-refractivity contribution in [2.24, 2.45) is 0 Å². The lowest BCUT2D eigenvalue weighted by molar-refractivity contribution is -0.156. The molecular weight excluding hydrogens is 338 g/mol. The molecule has 2 saturated heterocycles. The Bertz CT molecular complexity index is 538. The summed E-state index contributed by atoms with van der Waals surface area (Å²) in [5.41, 5.74) is -0.117. The molecule has 1 spiro atoms. The number of piperidine rings is 1. The predicted octanol–water partition coefficient (Wildman–Crippen LogP) is 3.34. The van der Waals surface area contributed by atoms with Crippen molar-refractivity contribution in [1.82, 2.24) is 4.90 Å². The third-order valence-electron chi connectivity index (χ3n) is 5.03. The van der Waals surface area contributed by atoms with E-state index in [1.165, 1.54) is 11.3 Å². The van der Waals surface area contributed by atoms with Gasteiger partial charge >= 0.3 is 0 Å². The van der Waals surface area contributed by atoms with Gasteiger partial charge in [0.25, 0.3) is 5.91 Å². The van der Waals surface area contributed by atoms with Gasteiger partial charge in [0, 0.05) is 26.1 Å². The van der Waals surface area contributed by atoms with E-state index in [4.69, 9.17) is 14.2 Å². The van der Waals surface area contributed by atoms with Crippen LogP contribution >= 0.6 is 11.3 Å². The van der Waals surface area contributed by atoms with Crippen LogP contribution in [0, 0.1) is 0 Å². The average molecular weight is 368 g/mol. The topological polar surface area (TPSA) is 48.0 Å². The highest BCUT2D eigenvalue weighted by atomic mass is 32.1. The van der Waals surface area contributed by atoms with Crippen molar-refractivity contribution >= 4 is 17.2 Å². The SMILES string of the molecule is CC(C)OCCOC1CCOC2(CCN(C(=O)c3cccs3)CC2)C1. The molecule has 0 saturated carbocycles. The van der Waals surface area contributed by atoms with Crippen molar-refractivity contribution in [3.05, 3.63) is 22.4 Å². The Labute approximate surface area is 154 Å². The van der Waals surface area contributed by atoms with Crippen molar-refractivity contribution in [1.29, 1.82) is 0 Å². The monoisotopic (exact) mass is 367 g/mol. The molecule has 1 amide bonds. The molecule has 25 heavy (non-hydrogen) atoms. The Kier molecular flexibility index (Phi) is 6.49. The number of thiophene rings is 1. The maximum Gasteiger partial charge on any atom is 0.263 e. The van der Waals surface area contributed by atoms with E-state index in [1.807, 2.05) is 36.3 Å². The lowest BCUT2D eigenvalue weighted by atomic mass is 9.83. The largest absolute Gasteiger partial charge is 0.376 e. The maximum absolute atomic E-state index is 12.5. The van der Waals surface area contributed by atoms with Crippen LogP contribution in [-0.2, 0) is 14.2 Å². The van der Waals surface area contributed by atoms with Crippen molar-refractivity contribution in [3.63, 3.8) is 0 Å². The zero-order valence-corrected chi connectivity index (χ0v) is 16.1. The fourth-order valence-electron chi connectivity index (χ4n) is 3.65. The van der Waals surface area contributed by atoms with Gasteiger partial charge in [0.2, 0.25) is 0 Å². The Morgan fingerprint density at radius 1 is 1.40 bits per heavy atom. The van der Waals surface area contributed by atoms with Gasteiger partial charge in [-0.25, -0.2) is 0 Å². The first-order valence-electron chi connectivity index (χ1n) is 9.28. The van der Waals surface area contributed by atoms with E-state index >= 15 is 0 Å². The predicted molar refractivity (Wildman–Crippen MR) is 98.2 cm³/mol. The highest BCUT2D eigenvalue weighted by Gasteiger charge is 2.41. The Morgan fingerprint density at radius 3 is 2.88 bits per heavy atom. The molecule has 6 heteroatoms. The normalized spacial score (nSPS) is 23.3. The number of hydrogen-bond donors (Lipinski definition) is 0. The summed E-state index contributed by atoms with van der Waals surface area (Å²) >= 11 is 1.51. The van der Waals surface area contributed by atoms with Crippen LogP contribution < -0.4 is 0 Å². The van der Waals surface area contributed by atoms with Gasteiger partial charge in [-0.2, -0.15) is 0 Å². The summed E-state index contributed by atoms with van der Waals surface area (Å²) in [6.07, 6.45) is 4.15. The van der Waals surface area contributed by atoms with Gasteiger partial charge in [0.15, 0.2) is 0 Å². The minimum atomic E-state index is -0.117. The third-order valence-corrected chi connectivity index (χ3v) is 5.89. The van der Waals surface area contributed by atoms with Crippen LogP contribution in [-0.4, -0.2) is 61.5 Å². The number of ether oxygens (including phenoxy) is 3. The zero-order chi connectivity index (χ0) is 17.7. The Balaban J connectivity index is 1.46. The first-order chi connectivity index (χ1) is 12.1. The molecule has 0 aromatic carbocycles. The third kappa shape index (κ3) is 5.03. The number of nitrogens with zero attached hydrogens (tertiary/aromatic N) is 1. The van der Waals surface area contributed by atoms with Crippen LogP contribution in [0.25, 0.3) is 0 Å². The average Bonchev–Trinajstić information content (AvgIpc) is 3.13. The fraction of sp³-hybridized carbons (Fsp3) is 0.737. The lowest BCUT2D eigenvalue weighted by Gasteiger charge is -2.46. The zero-order valence-electron chi connectivity index (χ0n) is 15.2. The van der Waals surface area contributed by atoms with Gasteiger partial charge in [0.1, 0.15) is 0 Å². The molecule has 1 unspecified atom stereocenters. The molecule has 140 valence electrons. The quantitative estimate of drug-likeness (QED) is 0.724. The van der Waals surface area contributed by atoms with Gasteiger partial charge in [0.05, 0.1) is 35.9 Å². The molecule has 2 aliphatic rings. The number of likely N-dealkylation sites (tertiary alicyclic amines) is 1. The van der Waals surface area contributed by atoms with Crippen LogP contribution in [0.4, 0.5) is 0 Å². The van der Waals surface area contributed by atoms with Crippen molar-refractivity contribution in [3.8, 4) is 0 Å². The molecule has 0 N–H and O–H groups in total. The molecule has 5 nitrogen and oxygen atoms in total. The van der Waals surface area contributed by atoms with Crippen molar-refractivity contribution in [2.45, 2.75) is 57.3 Å². The Hall–Kier alpha value is -0.950. The molecule has 1 atom stereocenters. The van der Waals surface area contributed by atoms with Crippen LogP contribution in [0.15, 0.2) is 17.5 Å².